The molecule has 0 atom stereocenters. The first-order valence-electron chi connectivity index (χ1n) is 9.32. The number of halogens is 2. The number of carboxylic acids is 1. The van der Waals surface area contributed by atoms with Crippen LogP contribution in [-0.2, 0) is 13.0 Å². The normalized spacial score (nSPS) is 10.6. The molecule has 3 rings (SSSR count). The second-order valence-electron chi connectivity index (χ2n) is 6.71. The van der Waals surface area contributed by atoms with E-state index in [1.807, 2.05) is 18.2 Å². The van der Waals surface area contributed by atoms with Crippen LogP contribution in [0.1, 0.15) is 33.0 Å². The molecule has 0 aliphatic heterocycles. The van der Waals surface area contributed by atoms with Crippen LogP contribution in [0.5, 0.6) is 11.5 Å². The van der Waals surface area contributed by atoms with E-state index in [9.17, 15) is 9.90 Å². The Labute approximate surface area is 190 Å². The van der Waals surface area contributed by atoms with Crippen LogP contribution in [0.15, 0.2) is 36.4 Å². The molecule has 7 nitrogen and oxygen atoms in total. The van der Waals surface area contributed by atoms with Crippen molar-refractivity contribution in [2.24, 2.45) is 0 Å². The Morgan fingerprint density at radius 2 is 1.81 bits per heavy atom. The molecule has 0 spiro atoms. The first kappa shape index (κ1) is 22.7. The van der Waals surface area contributed by atoms with E-state index in [0.717, 1.165) is 16.7 Å². The number of aromatic carboxylic acids is 1. The van der Waals surface area contributed by atoms with Crippen molar-refractivity contribution >= 4 is 35.0 Å². The summed E-state index contributed by atoms with van der Waals surface area (Å²) < 4.78 is 10.7. The molecule has 9 heteroatoms. The van der Waals surface area contributed by atoms with Gasteiger partial charge in [-0.1, -0.05) is 29.3 Å². The number of methoxy groups -OCH3 is 2. The molecule has 0 saturated carbocycles. The number of aromatic nitrogens is 2. The number of carbonyl (C=O) groups is 1. The van der Waals surface area contributed by atoms with Gasteiger partial charge in [-0.05, 0) is 36.8 Å². The number of ether oxygens (including phenoxy) is 2. The number of hydrogen-bond donors (Lipinski definition) is 2. The molecule has 0 fully saturated rings. The summed E-state index contributed by atoms with van der Waals surface area (Å²) >= 11 is 12.3. The number of nitrogens with zero attached hydrogens (tertiary/aromatic N) is 2. The van der Waals surface area contributed by atoms with Gasteiger partial charge in [0.25, 0.3) is 0 Å². The number of carboxylic acid groups (broad SMARTS) is 1. The molecule has 0 amide bonds. The maximum absolute atomic E-state index is 11.5. The summed E-state index contributed by atoms with van der Waals surface area (Å²) in [4.78, 5) is 19.8. The average molecular weight is 462 g/mol. The fourth-order valence-corrected chi connectivity index (χ4v) is 3.56. The molecular weight excluding hydrogens is 441 g/mol. The predicted octanol–water partition coefficient (Wildman–Crippen LogP) is 5.01. The van der Waals surface area contributed by atoms with Gasteiger partial charge in [0, 0.05) is 45.9 Å². The van der Waals surface area contributed by atoms with E-state index in [0.29, 0.717) is 46.0 Å². The van der Waals surface area contributed by atoms with Gasteiger partial charge in [0.1, 0.15) is 17.3 Å². The summed E-state index contributed by atoms with van der Waals surface area (Å²) in [6.45, 7) is 2.09. The van der Waals surface area contributed by atoms with Gasteiger partial charge in [0.15, 0.2) is 0 Å². The van der Waals surface area contributed by atoms with Gasteiger partial charge in [0.05, 0.1) is 14.2 Å². The van der Waals surface area contributed by atoms with E-state index in [-0.39, 0.29) is 5.82 Å². The summed E-state index contributed by atoms with van der Waals surface area (Å²) in [5.41, 5.74) is 2.96. The van der Waals surface area contributed by atoms with E-state index in [4.69, 9.17) is 32.7 Å². The number of hydrogen-bond acceptors (Lipinski definition) is 6. The van der Waals surface area contributed by atoms with E-state index >= 15 is 0 Å². The highest BCUT2D eigenvalue weighted by Gasteiger charge is 2.18. The molecule has 1 aromatic heterocycles. The fraction of sp³-hybridized carbons (Fsp3) is 0.227. The molecule has 0 saturated heterocycles. The third-order valence-corrected chi connectivity index (χ3v) is 5.31. The molecule has 0 unspecified atom stereocenters. The van der Waals surface area contributed by atoms with Crippen LogP contribution in [0.3, 0.4) is 0 Å². The van der Waals surface area contributed by atoms with Gasteiger partial charge in [-0.2, -0.15) is 0 Å². The minimum Gasteiger partial charge on any atom is -0.497 e. The summed E-state index contributed by atoms with van der Waals surface area (Å²) in [6.07, 6.45) is 0.407. The van der Waals surface area contributed by atoms with E-state index in [1.54, 1.807) is 39.3 Å². The Bertz CT molecular complexity index is 1120. The van der Waals surface area contributed by atoms with Crippen molar-refractivity contribution in [2.75, 3.05) is 19.5 Å². The van der Waals surface area contributed by atoms with Gasteiger partial charge in [0.2, 0.25) is 5.82 Å². The van der Waals surface area contributed by atoms with Crippen molar-refractivity contribution in [2.45, 2.75) is 19.9 Å². The SMILES string of the molecule is COc1ccc(CNc2nc(C(=O)O)nc(C)c2Cc2ccc(Cl)cc2Cl)c(OC)c1. The highest BCUT2D eigenvalue weighted by Crippen LogP contribution is 2.29. The summed E-state index contributed by atoms with van der Waals surface area (Å²) in [5.74, 6) is 0.230. The molecule has 0 bridgehead atoms. The highest BCUT2D eigenvalue weighted by atomic mass is 35.5. The zero-order chi connectivity index (χ0) is 22.5. The Balaban J connectivity index is 1.96. The van der Waals surface area contributed by atoms with Gasteiger partial charge in [-0.3, -0.25) is 0 Å². The van der Waals surface area contributed by atoms with E-state index in [2.05, 4.69) is 15.3 Å². The predicted molar refractivity (Wildman–Crippen MR) is 120 cm³/mol. The lowest BCUT2D eigenvalue weighted by molar-refractivity contribution is 0.0683. The Hall–Kier alpha value is -3.03. The standard InChI is InChI=1S/C22H21Cl2N3O4/c1-12-17(8-13-4-6-15(23)9-18(13)24)20(27-21(26-12)22(28)29)25-11-14-5-7-16(30-2)10-19(14)31-3/h4-7,9-10H,8,11H2,1-3H3,(H,28,29)(H,25,26,27). The summed E-state index contributed by atoms with van der Waals surface area (Å²) in [7, 11) is 3.15. The number of nitrogens with one attached hydrogen (secondary N) is 1. The minimum absolute atomic E-state index is 0.285. The maximum atomic E-state index is 11.5. The number of anilines is 1. The van der Waals surface area contributed by atoms with Crippen molar-refractivity contribution in [1.29, 1.82) is 0 Å². The minimum atomic E-state index is -1.20. The molecule has 1 heterocycles. The monoisotopic (exact) mass is 461 g/mol. The summed E-state index contributed by atoms with van der Waals surface area (Å²) in [6, 6.07) is 10.7. The zero-order valence-corrected chi connectivity index (χ0v) is 18.7. The quantitative estimate of drug-likeness (QED) is 0.486. The second-order valence-corrected chi connectivity index (χ2v) is 7.55. The van der Waals surface area contributed by atoms with Crippen molar-refractivity contribution < 1.29 is 19.4 Å². The molecule has 2 aromatic carbocycles. The average Bonchev–Trinajstić information content (AvgIpc) is 2.75. The van der Waals surface area contributed by atoms with Crippen molar-refractivity contribution in [3.05, 3.63) is 74.7 Å². The van der Waals surface area contributed by atoms with Crippen LogP contribution < -0.4 is 14.8 Å². The lowest BCUT2D eigenvalue weighted by atomic mass is 10.0. The smallest absolute Gasteiger partial charge is 0.374 e. The Kier molecular flexibility index (Phi) is 7.20. The van der Waals surface area contributed by atoms with E-state index < -0.39 is 5.97 Å². The van der Waals surface area contributed by atoms with Gasteiger partial charge in [-0.25, -0.2) is 14.8 Å². The molecule has 0 aliphatic rings. The third kappa shape index (κ3) is 5.37. The molecule has 31 heavy (non-hydrogen) atoms. The van der Waals surface area contributed by atoms with Gasteiger partial charge < -0.3 is 19.9 Å². The van der Waals surface area contributed by atoms with Crippen LogP contribution in [0, 0.1) is 6.92 Å². The molecule has 3 aromatic rings. The van der Waals surface area contributed by atoms with Crippen LogP contribution in [0.2, 0.25) is 10.0 Å². The first-order chi connectivity index (χ1) is 14.8. The third-order valence-electron chi connectivity index (χ3n) is 4.73. The summed E-state index contributed by atoms with van der Waals surface area (Å²) in [5, 5.41) is 13.7. The van der Waals surface area contributed by atoms with E-state index in [1.165, 1.54) is 0 Å². The van der Waals surface area contributed by atoms with Gasteiger partial charge >= 0.3 is 5.97 Å². The number of aryl methyl sites for hydroxylation is 1. The highest BCUT2D eigenvalue weighted by molar-refractivity contribution is 6.35. The Morgan fingerprint density at radius 3 is 2.45 bits per heavy atom. The van der Waals surface area contributed by atoms with Crippen LogP contribution in [-0.4, -0.2) is 35.3 Å². The maximum Gasteiger partial charge on any atom is 0.374 e. The molecule has 0 radical (unpaired) electrons. The van der Waals surface area contributed by atoms with Crippen molar-refractivity contribution in [3.63, 3.8) is 0 Å². The lowest BCUT2D eigenvalue weighted by Gasteiger charge is -2.16. The topological polar surface area (TPSA) is 93.6 Å². The fourth-order valence-electron chi connectivity index (χ4n) is 3.08. The molecular formula is C22H21Cl2N3O4. The van der Waals surface area contributed by atoms with Crippen molar-refractivity contribution in [3.8, 4) is 11.5 Å². The lowest BCUT2D eigenvalue weighted by Crippen LogP contribution is -2.14. The van der Waals surface area contributed by atoms with Crippen molar-refractivity contribution in [1.82, 2.24) is 9.97 Å². The second kappa shape index (κ2) is 9.85. The van der Waals surface area contributed by atoms with Crippen LogP contribution in [0.25, 0.3) is 0 Å². The number of benzene rings is 2. The Morgan fingerprint density at radius 1 is 1.06 bits per heavy atom. The molecule has 0 aliphatic carbocycles. The largest absolute Gasteiger partial charge is 0.497 e. The van der Waals surface area contributed by atoms with Crippen LogP contribution in [0.4, 0.5) is 5.82 Å². The molecule has 162 valence electrons. The van der Waals surface area contributed by atoms with Crippen LogP contribution >= 0.6 is 23.2 Å². The van der Waals surface area contributed by atoms with Gasteiger partial charge in [-0.15, -0.1) is 0 Å². The molecule has 2 N–H and O–H groups in total. The zero-order valence-electron chi connectivity index (χ0n) is 17.2. The first-order valence-corrected chi connectivity index (χ1v) is 10.1. The number of rotatable bonds is 8.